The van der Waals surface area contributed by atoms with Crippen LogP contribution in [0.3, 0.4) is 0 Å². The molecule has 0 bridgehead atoms. The first kappa shape index (κ1) is 15.9. The van der Waals surface area contributed by atoms with Crippen LogP contribution in [0.25, 0.3) is 0 Å². The van der Waals surface area contributed by atoms with Gasteiger partial charge in [0, 0.05) is 19.8 Å². The zero-order valence-electron chi connectivity index (χ0n) is 12.2. The number of hydrogen-bond acceptors (Lipinski definition) is 4. The molecule has 1 rings (SSSR count). The van der Waals surface area contributed by atoms with Crippen molar-refractivity contribution in [1.29, 1.82) is 0 Å². The molecular formula is C14H29NO3. The maximum atomic E-state index is 5.62. The van der Waals surface area contributed by atoms with E-state index < -0.39 is 0 Å². The molecule has 0 aromatic rings. The maximum Gasteiger partial charge on any atom is 0.0701 e. The summed E-state index contributed by atoms with van der Waals surface area (Å²) in [7, 11) is 1.68. The summed E-state index contributed by atoms with van der Waals surface area (Å²) in [5.74, 6) is 0. The Morgan fingerprint density at radius 2 is 1.67 bits per heavy atom. The molecule has 0 heterocycles. The average Bonchev–Trinajstić information content (AvgIpc) is 3.14. The standard InChI is InChI=1S/C14H29NO3/c1-4-15-13(2)14(5-6-14)7-8-17-11-12-18-10-9-16-3/h13,15H,4-12H2,1-3H3. The van der Waals surface area contributed by atoms with Crippen LogP contribution in [0.15, 0.2) is 0 Å². The van der Waals surface area contributed by atoms with Gasteiger partial charge in [0.25, 0.3) is 0 Å². The highest BCUT2D eigenvalue weighted by Gasteiger charge is 2.46. The predicted molar refractivity (Wildman–Crippen MR) is 72.9 cm³/mol. The lowest BCUT2D eigenvalue weighted by Gasteiger charge is -2.24. The average molecular weight is 259 g/mol. The number of rotatable bonds is 12. The van der Waals surface area contributed by atoms with Crippen molar-refractivity contribution in [1.82, 2.24) is 5.32 Å². The third kappa shape index (κ3) is 5.65. The van der Waals surface area contributed by atoms with Crippen molar-refractivity contribution in [3.63, 3.8) is 0 Å². The quantitative estimate of drug-likeness (QED) is 0.543. The largest absolute Gasteiger partial charge is 0.382 e. The second-order valence-corrected chi connectivity index (χ2v) is 5.11. The van der Waals surface area contributed by atoms with E-state index in [4.69, 9.17) is 14.2 Å². The second kappa shape index (κ2) is 8.86. The van der Waals surface area contributed by atoms with E-state index in [2.05, 4.69) is 19.2 Å². The van der Waals surface area contributed by atoms with Gasteiger partial charge in [0.2, 0.25) is 0 Å². The first-order valence-corrected chi connectivity index (χ1v) is 7.13. The van der Waals surface area contributed by atoms with E-state index in [1.54, 1.807) is 7.11 Å². The van der Waals surface area contributed by atoms with Gasteiger partial charge >= 0.3 is 0 Å². The fourth-order valence-electron chi connectivity index (χ4n) is 2.32. The van der Waals surface area contributed by atoms with E-state index >= 15 is 0 Å². The van der Waals surface area contributed by atoms with Crippen LogP contribution < -0.4 is 5.32 Å². The molecule has 4 heteroatoms. The molecule has 4 nitrogen and oxygen atoms in total. The minimum Gasteiger partial charge on any atom is -0.382 e. The highest BCUT2D eigenvalue weighted by molar-refractivity contribution is 4.99. The van der Waals surface area contributed by atoms with Crippen LogP contribution in [0.2, 0.25) is 0 Å². The van der Waals surface area contributed by atoms with Crippen molar-refractivity contribution in [2.45, 2.75) is 39.2 Å². The van der Waals surface area contributed by atoms with Gasteiger partial charge in [-0.2, -0.15) is 0 Å². The summed E-state index contributed by atoms with van der Waals surface area (Å²) in [6.45, 7) is 9.03. The third-order valence-corrected chi connectivity index (χ3v) is 3.87. The van der Waals surface area contributed by atoms with Crippen LogP contribution in [0, 0.1) is 5.41 Å². The molecule has 0 aromatic carbocycles. The molecule has 1 aliphatic carbocycles. The zero-order valence-corrected chi connectivity index (χ0v) is 12.2. The summed E-state index contributed by atoms with van der Waals surface area (Å²) in [6, 6.07) is 0.615. The first-order chi connectivity index (χ1) is 8.75. The van der Waals surface area contributed by atoms with E-state index in [0.717, 1.165) is 13.2 Å². The fraction of sp³-hybridized carbons (Fsp3) is 1.00. The molecule has 0 amide bonds. The van der Waals surface area contributed by atoms with Gasteiger partial charge in [-0.15, -0.1) is 0 Å². The highest BCUT2D eigenvalue weighted by atomic mass is 16.5. The third-order valence-electron chi connectivity index (χ3n) is 3.87. The molecular weight excluding hydrogens is 230 g/mol. The molecule has 1 N–H and O–H groups in total. The summed E-state index contributed by atoms with van der Waals surface area (Å²) in [4.78, 5) is 0. The fourth-order valence-corrected chi connectivity index (χ4v) is 2.32. The van der Waals surface area contributed by atoms with Gasteiger partial charge in [0.05, 0.1) is 26.4 Å². The maximum absolute atomic E-state index is 5.62. The Kier molecular flexibility index (Phi) is 7.82. The summed E-state index contributed by atoms with van der Waals surface area (Å²) in [5, 5.41) is 3.53. The van der Waals surface area contributed by atoms with E-state index in [9.17, 15) is 0 Å². The Labute approximate surface area is 111 Å². The van der Waals surface area contributed by atoms with Gasteiger partial charge in [-0.3, -0.25) is 0 Å². The Balaban J connectivity index is 1.94. The van der Waals surface area contributed by atoms with Crippen LogP contribution in [0.1, 0.15) is 33.1 Å². The van der Waals surface area contributed by atoms with E-state index in [0.29, 0.717) is 37.9 Å². The molecule has 0 aliphatic heterocycles. The van der Waals surface area contributed by atoms with Gasteiger partial charge < -0.3 is 19.5 Å². The summed E-state index contributed by atoms with van der Waals surface area (Å²) < 4.78 is 15.9. The van der Waals surface area contributed by atoms with Crippen LogP contribution in [0.5, 0.6) is 0 Å². The molecule has 0 spiro atoms. The van der Waals surface area contributed by atoms with Crippen LogP contribution in [-0.4, -0.2) is 52.7 Å². The predicted octanol–water partition coefficient (Wildman–Crippen LogP) is 1.83. The smallest absolute Gasteiger partial charge is 0.0701 e. The number of ether oxygens (including phenoxy) is 3. The minimum absolute atomic E-state index is 0.507. The Morgan fingerprint density at radius 1 is 1.06 bits per heavy atom. The van der Waals surface area contributed by atoms with Gasteiger partial charge in [-0.05, 0) is 38.1 Å². The molecule has 1 saturated carbocycles. The SMILES string of the molecule is CCNC(C)C1(CCOCCOCCOC)CC1. The van der Waals surface area contributed by atoms with Crippen LogP contribution in [0.4, 0.5) is 0 Å². The second-order valence-electron chi connectivity index (χ2n) is 5.11. The Bertz CT molecular complexity index is 207. The molecule has 0 saturated heterocycles. The molecule has 0 aromatic heterocycles. The van der Waals surface area contributed by atoms with Gasteiger partial charge in [0.15, 0.2) is 0 Å². The topological polar surface area (TPSA) is 39.7 Å². The normalized spacial score (nSPS) is 18.8. The highest BCUT2D eigenvalue weighted by Crippen LogP contribution is 2.51. The Hall–Kier alpha value is -0.160. The van der Waals surface area contributed by atoms with Gasteiger partial charge in [0.1, 0.15) is 0 Å². The monoisotopic (exact) mass is 259 g/mol. The van der Waals surface area contributed by atoms with E-state index in [1.807, 2.05) is 0 Å². The lowest BCUT2D eigenvalue weighted by molar-refractivity contribution is 0.0200. The zero-order chi connectivity index (χ0) is 13.3. The lowest BCUT2D eigenvalue weighted by Crippen LogP contribution is -2.35. The van der Waals surface area contributed by atoms with Crippen molar-refractivity contribution >= 4 is 0 Å². The molecule has 18 heavy (non-hydrogen) atoms. The van der Waals surface area contributed by atoms with E-state index in [1.165, 1.54) is 19.3 Å². The molecule has 1 aliphatic rings. The van der Waals surface area contributed by atoms with Crippen molar-refractivity contribution < 1.29 is 14.2 Å². The number of hydrogen-bond donors (Lipinski definition) is 1. The summed E-state index contributed by atoms with van der Waals surface area (Å²) >= 11 is 0. The van der Waals surface area contributed by atoms with Crippen molar-refractivity contribution in [2.24, 2.45) is 5.41 Å². The molecule has 1 fully saturated rings. The van der Waals surface area contributed by atoms with Crippen LogP contribution >= 0.6 is 0 Å². The molecule has 108 valence electrons. The summed E-state index contributed by atoms with van der Waals surface area (Å²) in [5.41, 5.74) is 0.507. The Morgan fingerprint density at radius 3 is 2.22 bits per heavy atom. The number of methoxy groups -OCH3 is 1. The van der Waals surface area contributed by atoms with Crippen molar-refractivity contribution in [3.8, 4) is 0 Å². The van der Waals surface area contributed by atoms with Gasteiger partial charge in [-0.25, -0.2) is 0 Å². The molecule has 1 unspecified atom stereocenters. The van der Waals surface area contributed by atoms with Gasteiger partial charge in [-0.1, -0.05) is 6.92 Å². The minimum atomic E-state index is 0.507. The summed E-state index contributed by atoms with van der Waals surface area (Å²) in [6.07, 6.45) is 3.85. The molecule has 1 atom stereocenters. The molecule has 0 radical (unpaired) electrons. The van der Waals surface area contributed by atoms with E-state index in [-0.39, 0.29) is 0 Å². The lowest BCUT2D eigenvalue weighted by atomic mass is 9.94. The number of nitrogens with one attached hydrogen (secondary N) is 1. The first-order valence-electron chi connectivity index (χ1n) is 7.13. The van der Waals surface area contributed by atoms with Crippen molar-refractivity contribution in [3.05, 3.63) is 0 Å². The van der Waals surface area contributed by atoms with Crippen molar-refractivity contribution in [2.75, 3.05) is 46.7 Å². The van der Waals surface area contributed by atoms with Crippen LogP contribution in [-0.2, 0) is 14.2 Å².